The number of ether oxygens (including phenoxy) is 1. The van der Waals surface area contributed by atoms with Gasteiger partial charge in [0.15, 0.2) is 0 Å². The number of carbonyl (C=O) groups excluding carboxylic acids is 1. The van der Waals surface area contributed by atoms with Gasteiger partial charge in [-0.2, -0.15) is 0 Å². The molecular formula is C26H46O4. The van der Waals surface area contributed by atoms with Crippen LogP contribution in [0.15, 0.2) is 12.2 Å². The maximum atomic E-state index is 12.2. The summed E-state index contributed by atoms with van der Waals surface area (Å²) in [6.45, 7) is 2.68. The van der Waals surface area contributed by atoms with Gasteiger partial charge in [-0.1, -0.05) is 89.7 Å². The lowest BCUT2D eigenvalue weighted by Crippen LogP contribution is -2.33. The van der Waals surface area contributed by atoms with Crippen LogP contribution in [0.4, 0.5) is 0 Å². The molecule has 0 aromatic rings. The Bertz CT molecular complexity index is 472. The van der Waals surface area contributed by atoms with Gasteiger partial charge in [-0.25, -0.2) is 0 Å². The summed E-state index contributed by atoms with van der Waals surface area (Å²) in [6, 6.07) is 0. The van der Waals surface area contributed by atoms with Crippen molar-refractivity contribution in [2.75, 3.05) is 6.61 Å². The molecule has 1 aliphatic rings. The minimum atomic E-state index is -0.857. The zero-order valence-electron chi connectivity index (χ0n) is 19.4. The van der Waals surface area contributed by atoms with Gasteiger partial charge in [0.05, 0.1) is 18.4 Å². The van der Waals surface area contributed by atoms with E-state index in [0.717, 1.165) is 32.1 Å². The number of aliphatic carboxylic acids is 1. The molecule has 1 fully saturated rings. The highest BCUT2D eigenvalue weighted by Gasteiger charge is 2.36. The molecule has 1 N–H and O–H groups in total. The van der Waals surface area contributed by atoms with Crippen molar-refractivity contribution in [3.63, 3.8) is 0 Å². The lowest BCUT2D eigenvalue weighted by molar-refractivity contribution is -0.159. The standard InChI is InChI=1S/C26H46O4/c1-2-3-4-5-6-7-8-9-10-11-12-13-14-15-16-19-22-30-26(29)24-21-18-17-20-23(24)25(27)28/h13-14,23-24H,2-12,15-22H2,1H3,(H,27,28)/b14-13+. The molecule has 1 saturated carbocycles. The molecule has 30 heavy (non-hydrogen) atoms. The summed E-state index contributed by atoms with van der Waals surface area (Å²) in [5.74, 6) is -2.17. The minimum Gasteiger partial charge on any atom is -0.481 e. The third-order valence-corrected chi connectivity index (χ3v) is 6.29. The molecule has 0 radical (unpaired) electrons. The van der Waals surface area contributed by atoms with Crippen LogP contribution < -0.4 is 0 Å². The fourth-order valence-electron chi connectivity index (χ4n) is 4.34. The van der Waals surface area contributed by atoms with Gasteiger partial charge in [0, 0.05) is 0 Å². The van der Waals surface area contributed by atoms with Gasteiger partial charge < -0.3 is 9.84 Å². The van der Waals surface area contributed by atoms with E-state index in [9.17, 15) is 14.7 Å². The summed E-state index contributed by atoms with van der Waals surface area (Å²) in [4.78, 5) is 23.5. The van der Waals surface area contributed by atoms with Gasteiger partial charge in [0.1, 0.15) is 0 Å². The fraction of sp³-hybridized carbons (Fsp3) is 0.846. The van der Waals surface area contributed by atoms with Gasteiger partial charge in [0.25, 0.3) is 0 Å². The normalized spacial score (nSPS) is 19.2. The maximum Gasteiger partial charge on any atom is 0.309 e. The third kappa shape index (κ3) is 13.1. The summed E-state index contributed by atoms with van der Waals surface area (Å²) >= 11 is 0. The van der Waals surface area contributed by atoms with Crippen molar-refractivity contribution < 1.29 is 19.4 Å². The van der Waals surface area contributed by atoms with E-state index in [4.69, 9.17) is 4.74 Å². The molecule has 2 atom stereocenters. The number of unbranched alkanes of at least 4 members (excludes halogenated alkanes) is 12. The van der Waals surface area contributed by atoms with Crippen LogP contribution in [0, 0.1) is 11.8 Å². The SMILES string of the molecule is CCCCCCCCCCCC/C=C/CCCCOC(=O)C1CCCCC1C(=O)O. The van der Waals surface area contributed by atoms with E-state index >= 15 is 0 Å². The first-order valence-electron chi connectivity index (χ1n) is 12.7. The van der Waals surface area contributed by atoms with Crippen molar-refractivity contribution in [1.82, 2.24) is 0 Å². The molecular weight excluding hydrogens is 376 g/mol. The van der Waals surface area contributed by atoms with Crippen LogP contribution in [0.1, 0.15) is 122 Å². The van der Waals surface area contributed by atoms with Gasteiger partial charge in [-0.15, -0.1) is 0 Å². The predicted molar refractivity (Wildman–Crippen MR) is 123 cm³/mol. The Morgan fingerprint density at radius 2 is 1.27 bits per heavy atom. The van der Waals surface area contributed by atoms with Crippen molar-refractivity contribution in [3.8, 4) is 0 Å². The Morgan fingerprint density at radius 1 is 0.767 bits per heavy atom. The highest BCUT2D eigenvalue weighted by Crippen LogP contribution is 2.31. The van der Waals surface area contributed by atoms with Gasteiger partial charge in [-0.05, 0) is 44.9 Å². The second-order valence-electron chi connectivity index (χ2n) is 8.94. The second kappa shape index (κ2) is 18.4. The fourth-order valence-corrected chi connectivity index (χ4v) is 4.34. The summed E-state index contributed by atoms with van der Waals surface area (Å²) in [5.41, 5.74) is 0. The van der Waals surface area contributed by atoms with Gasteiger partial charge in [-0.3, -0.25) is 9.59 Å². The summed E-state index contributed by atoms with van der Waals surface area (Å²) in [5, 5.41) is 9.26. The van der Waals surface area contributed by atoms with Crippen LogP contribution in [0.3, 0.4) is 0 Å². The maximum absolute atomic E-state index is 12.2. The number of esters is 1. The molecule has 0 aliphatic heterocycles. The van der Waals surface area contributed by atoms with Crippen LogP contribution in [0.25, 0.3) is 0 Å². The summed E-state index contributed by atoms with van der Waals surface area (Å²) in [7, 11) is 0. The van der Waals surface area contributed by atoms with Crippen LogP contribution in [0.2, 0.25) is 0 Å². The highest BCUT2D eigenvalue weighted by molar-refractivity contribution is 5.81. The van der Waals surface area contributed by atoms with Crippen LogP contribution in [-0.2, 0) is 14.3 Å². The van der Waals surface area contributed by atoms with Crippen molar-refractivity contribution in [2.45, 2.75) is 122 Å². The largest absolute Gasteiger partial charge is 0.481 e. The molecule has 0 heterocycles. The van der Waals surface area contributed by atoms with E-state index in [2.05, 4.69) is 19.1 Å². The average molecular weight is 423 g/mol. The Labute approximate surface area is 184 Å². The smallest absolute Gasteiger partial charge is 0.309 e. The molecule has 4 nitrogen and oxygen atoms in total. The quantitative estimate of drug-likeness (QED) is 0.141. The third-order valence-electron chi connectivity index (χ3n) is 6.29. The van der Waals surface area contributed by atoms with Crippen LogP contribution >= 0.6 is 0 Å². The number of hydrogen-bond donors (Lipinski definition) is 1. The molecule has 0 spiro atoms. The Hall–Kier alpha value is -1.32. The molecule has 0 saturated heterocycles. The van der Waals surface area contributed by atoms with E-state index in [1.54, 1.807) is 0 Å². The number of carbonyl (C=O) groups is 2. The van der Waals surface area contributed by atoms with Crippen LogP contribution in [-0.4, -0.2) is 23.7 Å². The van der Waals surface area contributed by atoms with E-state index in [1.807, 2.05) is 0 Å². The van der Waals surface area contributed by atoms with Crippen molar-refractivity contribution in [3.05, 3.63) is 12.2 Å². The number of rotatable bonds is 18. The lowest BCUT2D eigenvalue weighted by Gasteiger charge is -2.26. The zero-order valence-corrected chi connectivity index (χ0v) is 19.4. The number of carboxylic acid groups (broad SMARTS) is 1. The highest BCUT2D eigenvalue weighted by atomic mass is 16.5. The molecule has 0 bridgehead atoms. The van der Waals surface area contributed by atoms with Crippen LogP contribution in [0.5, 0.6) is 0 Å². The first kappa shape index (κ1) is 26.7. The predicted octanol–water partition coefficient (Wildman–Crippen LogP) is 7.46. The topological polar surface area (TPSA) is 63.6 Å². The van der Waals surface area contributed by atoms with Gasteiger partial charge >= 0.3 is 11.9 Å². The molecule has 2 unspecified atom stereocenters. The summed E-state index contributed by atoms with van der Waals surface area (Å²) in [6.07, 6.45) is 25.4. The molecule has 0 aromatic carbocycles. The monoisotopic (exact) mass is 422 g/mol. The van der Waals surface area contributed by atoms with Crippen molar-refractivity contribution in [2.24, 2.45) is 11.8 Å². The van der Waals surface area contributed by atoms with E-state index in [1.165, 1.54) is 70.6 Å². The molecule has 1 rings (SSSR count). The van der Waals surface area contributed by atoms with E-state index in [0.29, 0.717) is 19.4 Å². The number of allylic oxidation sites excluding steroid dienone is 2. The molecule has 4 heteroatoms. The van der Waals surface area contributed by atoms with E-state index in [-0.39, 0.29) is 5.97 Å². The Kier molecular flexibility index (Phi) is 16.4. The second-order valence-corrected chi connectivity index (χ2v) is 8.94. The van der Waals surface area contributed by atoms with Crippen molar-refractivity contribution in [1.29, 1.82) is 0 Å². The minimum absolute atomic E-state index is 0.307. The van der Waals surface area contributed by atoms with Gasteiger partial charge in [0.2, 0.25) is 0 Å². The van der Waals surface area contributed by atoms with E-state index < -0.39 is 17.8 Å². The first-order chi connectivity index (χ1) is 14.7. The molecule has 0 aromatic heterocycles. The number of carboxylic acids is 1. The zero-order chi connectivity index (χ0) is 21.9. The number of hydrogen-bond acceptors (Lipinski definition) is 3. The molecule has 0 amide bonds. The molecule has 174 valence electrons. The average Bonchev–Trinajstić information content (AvgIpc) is 2.75. The molecule has 1 aliphatic carbocycles. The van der Waals surface area contributed by atoms with Crippen molar-refractivity contribution >= 4 is 11.9 Å². The Morgan fingerprint density at radius 3 is 1.83 bits per heavy atom. The Balaban J connectivity index is 1.90. The lowest BCUT2D eigenvalue weighted by atomic mass is 9.79. The summed E-state index contributed by atoms with van der Waals surface area (Å²) < 4.78 is 5.35. The first-order valence-corrected chi connectivity index (χ1v) is 12.7.